The van der Waals surface area contributed by atoms with Gasteiger partial charge < -0.3 is 5.32 Å². The predicted octanol–water partition coefficient (Wildman–Crippen LogP) is 2.20. The number of hydrogen-bond acceptors (Lipinski definition) is 2. The molecule has 16 heavy (non-hydrogen) atoms. The fourth-order valence-electron chi connectivity index (χ4n) is 1.28. The van der Waals surface area contributed by atoms with E-state index in [9.17, 15) is 4.39 Å². The van der Waals surface area contributed by atoms with Crippen LogP contribution in [0.4, 0.5) is 4.39 Å². The van der Waals surface area contributed by atoms with Crippen LogP contribution >= 0.6 is 0 Å². The Bertz CT molecular complexity index is 449. The van der Waals surface area contributed by atoms with Crippen LogP contribution in [0.15, 0.2) is 18.2 Å². The summed E-state index contributed by atoms with van der Waals surface area (Å²) in [5.74, 6) is 5.28. The average Bonchev–Trinajstić information content (AvgIpc) is 2.31. The minimum Gasteiger partial charge on any atom is -0.312 e. The Balaban J connectivity index is 2.48. The molecule has 1 aromatic carbocycles. The SMILES string of the molecule is CC#CCCNCc1ccc(F)c(C#N)c1. The lowest BCUT2D eigenvalue weighted by molar-refractivity contribution is 0.621. The lowest BCUT2D eigenvalue weighted by atomic mass is 10.1. The van der Waals surface area contributed by atoms with Crippen molar-refractivity contribution in [2.45, 2.75) is 19.9 Å². The molecular formula is C13H13FN2. The smallest absolute Gasteiger partial charge is 0.140 e. The summed E-state index contributed by atoms with van der Waals surface area (Å²) in [4.78, 5) is 0. The Morgan fingerprint density at radius 1 is 1.44 bits per heavy atom. The summed E-state index contributed by atoms with van der Waals surface area (Å²) in [5.41, 5.74) is 0.995. The van der Waals surface area contributed by atoms with Crippen molar-refractivity contribution in [1.82, 2.24) is 5.32 Å². The zero-order valence-corrected chi connectivity index (χ0v) is 9.18. The molecule has 0 fully saturated rings. The first kappa shape index (κ1) is 12.2. The second-order valence-electron chi connectivity index (χ2n) is 3.28. The van der Waals surface area contributed by atoms with E-state index in [1.165, 1.54) is 6.07 Å². The standard InChI is InChI=1S/C13H13FN2/c1-2-3-4-7-16-10-11-5-6-13(14)12(8-11)9-15/h5-6,8,16H,4,7,10H2,1H3. The maximum absolute atomic E-state index is 13.0. The highest BCUT2D eigenvalue weighted by atomic mass is 19.1. The third kappa shape index (κ3) is 3.73. The van der Waals surface area contributed by atoms with Crippen LogP contribution in [0, 0.1) is 29.0 Å². The first-order valence-corrected chi connectivity index (χ1v) is 5.06. The topological polar surface area (TPSA) is 35.8 Å². The van der Waals surface area contributed by atoms with Gasteiger partial charge in [0.05, 0.1) is 5.56 Å². The molecule has 0 aliphatic carbocycles. The molecule has 0 unspecified atom stereocenters. The number of benzene rings is 1. The zero-order valence-electron chi connectivity index (χ0n) is 9.18. The van der Waals surface area contributed by atoms with Gasteiger partial charge in [-0.25, -0.2) is 4.39 Å². The van der Waals surface area contributed by atoms with Gasteiger partial charge in [0.25, 0.3) is 0 Å². The van der Waals surface area contributed by atoms with E-state index in [0.717, 1.165) is 18.5 Å². The molecule has 0 heterocycles. The lowest BCUT2D eigenvalue weighted by Gasteiger charge is -2.03. The number of rotatable bonds is 4. The van der Waals surface area contributed by atoms with Crippen molar-refractivity contribution in [3.63, 3.8) is 0 Å². The fourth-order valence-corrected chi connectivity index (χ4v) is 1.28. The van der Waals surface area contributed by atoms with Crippen molar-refractivity contribution < 1.29 is 4.39 Å². The van der Waals surface area contributed by atoms with Crippen molar-refractivity contribution in [2.75, 3.05) is 6.54 Å². The van der Waals surface area contributed by atoms with Gasteiger partial charge in [-0.1, -0.05) is 6.07 Å². The Kier molecular flexibility index (Phi) is 5.05. The van der Waals surface area contributed by atoms with Gasteiger partial charge in [0.15, 0.2) is 0 Å². The predicted molar refractivity (Wildman–Crippen MR) is 60.9 cm³/mol. The average molecular weight is 216 g/mol. The van der Waals surface area contributed by atoms with E-state index in [1.807, 2.05) is 6.07 Å². The summed E-state index contributed by atoms with van der Waals surface area (Å²) in [7, 11) is 0. The molecule has 0 aliphatic rings. The maximum Gasteiger partial charge on any atom is 0.140 e. The third-order valence-corrected chi connectivity index (χ3v) is 2.08. The highest BCUT2D eigenvalue weighted by Gasteiger charge is 2.01. The number of nitrogens with one attached hydrogen (secondary N) is 1. The molecule has 0 amide bonds. The van der Waals surface area contributed by atoms with Gasteiger partial charge in [0.2, 0.25) is 0 Å². The first-order chi connectivity index (χ1) is 7.77. The molecule has 0 atom stereocenters. The van der Waals surface area contributed by atoms with E-state index in [1.54, 1.807) is 19.1 Å². The molecule has 0 saturated heterocycles. The number of nitriles is 1. The maximum atomic E-state index is 13.0. The molecule has 3 heteroatoms. The van der Waals surface area contributed by atoms with Crippen molar-refractivity contribution >= 4 is 0 Å². The molecule has 0 aromatic heterocycles. The molecule has 0 spiro atoms. The molecule has 1 aromatic rings. The van der Waals surface area contributed by atoms with Crippen LogP contribution in [0.5, 0.6) is 0 Å². The largest absolute Gasteiger partial charge is 0.312 e. The molecular weight excluding hydrogens is 203 g/mol. The van der Waals surface area contributed by atoms with Gasteiger partial charge in [-0.3, -0.25) is 0 Å². The Hall–Kier alpha value is -1.84. The van der Waals surface area contributed by atoms with Crippen molar-refractivity contribution in [1.29, 1.82) is 5.26 Å². The van der Waals surface area contributed by atoms with Crippen molar-refractivity contribution in [3.8, 4) is 17.9 Å². The van der Waals surface area contributed by atoms with E-state index in [0.29, 0.717) is 6.54 Å². The molecule has 0 aliphatic heterocycles. The highest BCUT2D eigenvalue weighted by molar-refractivity contribution is 5.34. The number of halogens is 1. The van der Waals surface area contributed by atoms with E-state index < -0.39 is 5.82 Å². The number of nitrogens with zero attached hydrogens (tertiary/aromatic N) is 1. The summed E-state index contributed by atoms with van der Waals surface area (Å²) in [6.07, 6.45) is 0.794. The quantitative estimate of drug-likeness (QED) is 0.618. The molecule has 2 nitrogen and oxygen atoms in total. The summed E-state index contributed by atoms with van der Waals surface area (Å²) in [6.45, 7) is 3.22. The van der Waals surface area contributed by atoms with E-state index >= 15 is 0 Å². The monoisotopic (exact) mass is 216 g/mol. The molecule has 1 N–H and O–H groups in total. The summed E-state index contributed by atoms with van der Waals surface area (Å²) in [5, 5.41) is 11.8. The van der Waals surface area contributed by atoms with Crippen LogP contribution in [0.25, 0.3) is 0 Å². The summed E-state index contributed by atoms with van der Waals surface area (Å²) < 4.78 is 13.0. The van der Waals surface area contributed by atoms with Crippen LogP contribution < -0.4 is 5.32 Å². The minimum absolute atomic E-state index is 0.0904. The Morgan fingerprint density at radius 2 is 2.25 bits per heavy atom. The highest BCUT2D eigenvalue weighted by Crippen LogP contribution is 2.09. The van der Waals surface area contributed by atoms with Crippen molar-refractivity contribution in [3.05, 3.63) is 35.1 Å². The molecule has 82 valence electrons. The van der Waals surface area contributed by atoms with E-state index in [4.69, 9.17) is 5.26 Å². The van der Waals surface area contributed by atoms with Crippen molar-refractivity contribution in [2.24, 2.45) is 0 Å². The van der Waals surface area contributed by atoms with Gasteiger partial charge in [0.1, 0.15) is 11.9 Å². The van der Waals surface area contributed by atoms with Crippen LogP contribution in [0.3, 0.4) is 0 Å². The van der Waals surface area contributed by atoms with Crippen LogP contribution in [0.2, 0.25) is 0 Å². The van der Waals surface area contributed by atoms with Gasteiger partial charge in [-0.15, -0.1) is 11.8 Å². The van der Waals surface area contributed by atoms with Crippen LogP contribution in [-0.4, -0.2) is 6.54 Å². The number of hydrogen-bond donors (Lipinski definition) is 1. The molecule has 1 rings (SSSR count). The second kappa shape index (κ2) is 6.61. The fraction of sp³-hybridized carbons (Fsp3) is 0.308. The van der Waals surface area contributed by atoms with E-state index in [-0.39, 0.29) is 5.56 Å². The van der Waals surface area contributed by atoms with E-state index in [2.05, 4.69) is 17.2 Å². The molecule has 0 saturated carbocycles. The van der Waals surface area contributed by atoms with Gasteiger partial charge in [-0.2, -0.15) is 5.26 Å². The first-order valence-electron chi connectivity index (χ1n) is 5.06. The second-order valence-corrected chi connectivity index (χ2v) is 3.28. The normalized spacial score (nSPS) is 9.06. The van der Waals surface area contributed by atoms with Gasteiger partial charge in [0, 0.05) is 19.5 Å². The third-order valence-electron chi connectivity index (χ3n) is 2.08. The molecule has 0 radical (unpaired) electrons. The summed E-state index contributed by atoms with van der Waals surface area (Å²) in [6, 6.07) is 6.38. The van der Waals surface area contributed by atoms with Crippen LogP contribution in [0.1, 0.15) is 24.5 Å². The van der Waals surface area contributed by atoms with Gasteiger partial charge in [-0.05, 0) is 24.6 Å². The molecule has 0 bridgehead atoms. The van der Waals surface area contributed by atoms with Crippen LogP contribution in [-0.2, 0) is 6.54 Å². The lowest BCUT2D eigenvalue weighted by Crippen LogP contribution is -2.14. The van der Waals surface area contributed by atoms with Gasteiger partial charge >= 0.3 is 0 Å². The Labute approximate surface area is 95.1 Å². The minimum atomic E-state index is -0.469. The summed E-state index contributed by atoms with van der Waals surface area (Å²) >= 11 is 0. The zero-order chi connectivity index (χ0) is 11.8. The Morgan fingerprint density at radius 3 is 2.94 bits per heavy atom.